The molecule has 1 aromatic rings. The Morgan fingerprint density at radius 1 is 1.60 bits per heavy atom. The van der Waals surface area contributed by atoms with Gasteiger partial charge in [-0.2, -0.15) is 0 Å². The summed E-state index contributed by atoms with van der Waals surface area (Å²) < 4.78 is 6.32. The topological polar surface area (TPSA) is 46.5 Å². The molecule has 0 atom stereocenters. The summed E-state index contributed by atoms with van der Waals surface area (Å²) in [6.45, 7) is 1.99. The zero-order chi connectivity index (χ0) is 11.3. The Kier molecular flexibility index (Phi) is 4.37. The molecule has 15 heavy (non-hydrogen) atoms. The lowest BCUT2D eigenvalue weighted by atomic mass is 10.3. The Balaban J connectivity index is 2.54. The van der Waals surface area contributed by atoms with Crippen molar-refractivity contribution in [3.63, 3.8) is 0 Å². The third-order valence-electron chi connectivity index (χ3n) is 1.63. The molecule has 0 aromatic heterocycles. The first-order chi connectivity index (χ1) is 7.08. The maximum atomic E-state index is 10.3. The molecule has 1 aromatic carbocycles. The number of ether oxygens (including phenoxy) is 1. The van der Waals surface area contributed by atoms with Gasteiger partial charge < -0.3 is 9.84 Å². The molecule has 0 saturated heterocycles. The maximum absolute atomic E-state index is 10.3. The molecule has 0 saturated carbocycles. The second-order valence-corrected chi connectivity index (χ2v) is 3.99. The van der Waals surface area contributed by atoms with Gasteiger partial charge in [-0.3, -0.25) is 0 Å². The van der Waals surface area contributed by atoms with E-state index in [0.717, 1.165) is 10.5 Å². The number of carbonyl (C=O) groups is 1. The molecule has 0 fully saturated rings. The lowest BCUT2D eigenvalue weighted by Crippen LogP contribution is -2.01. The van der Waals surface area contributed by atoms with Crippen LogP contribution in [0.25, 0.3) is 0 Å². The minimum Gasteiger partial charge on any atom is -0.489 e. The van der Waals surface area contributed by atoms with Crippen LogP contribution in [0, 0.1) is 0 Å². The van der Waals surface area contributed by atoms with Crippen molar-refractivity contribution < 1.29 is 14.6 Å². The van der Waals surface area contributed by atoms with E-state index < -0.39 is 5.97 Å². The fourth-order valence-electron chi connectivity index (χ4n) is 1.01. The third-order valence-corrected chi connectivity index (χ3v) is 2.13. The minimum absolute atomic E-state index is 0.281. The van der Waals surface area contributed by atoms with Crippen LogP contribution in [0.3, 0.4) is 0 Å². The average Bonchev–Trinajstić information content (AvgIpc) is 2.14. The van der Waals surface area contributed by atoms with Gasteiger partial charge in [0.05, 0.1) is 0 Å². The molecule has 1 N–H and O–H groups in total. The summed E-state index contributed by atoms with van der Waals surface area (Å²) in [6.07, 6.45) is 1.14. The molecule has 0 aliphatic carbocycles. The molecule has 4 heteroatoms. The normalized spacial score (nSPS) is 11.2. The van der Waals surface area contributed by atoms with Crippen molar-refractivity contribution >= 4 is 21.9 Å². The van der Waals surface area contributed by atoms with Crippen LogP contribution in [0.15, 0.2) is 40.4 Å². The molecule has 80 valence electrons. The summed E-state index contributed by atoms with van der Waals surface area (Å²) in [4.78, 5) is 10.3. The first-order valence-electron chi connectivity index (χ1n) is 4.36. The van der Waals surface area contributed by atoms with Crippen LogP contribution in [0.5, 0.6) is 5.75 Å². The highest BCUT2D eigenvalue weighted by molar-refractivity contribution is 9.10. The number of benzene rings is 1. The van der Waals surface area contributed by atoms with Gasteiger partial charge in [0.25, 0.3) is 0 Å². The largest absolute Gasteiger partial charge is 0.489 e. The van der Waals surface area contributed by atoms with Gasteiger partial charge in [0.1, 0.15) is 12.4 Å². The third kappa shape index (κ3) is 4.65. The smallest absolute Gasteiger partial charge is 0.328 e. The second-order valence-electron chi connectivity index (χ2n) is 3.07. The van der Waals surface area contributed by atoms with Crippen LogP contribution >= 0.6 is 15.9 Å². The molecular weight excluding hydrogens is 260 g/mol. The first-order valence-corrected chi connectivity index (χ1v) is 5.15. The molecule has 0 radical (unpaired) electrons. The van der Waals surface area contributed by atoms with E-state index in [9.17, 15) is 4.79 Å². The molecule has 0 bridgehead atoms. The Bertz CT molecular complexity index is 385. The number of hydrogen-bond acceptors (Lipinski definition) is 2. The minimum atomic E-state index is -0.953. The van der Waals surface area contributed by atoms with Crippen molar-refractivity contribution in [2.24, 2.45) is 0 Å². The van der Waals surface area contributed by atoms with E-state index in [0.29, 0.717) is 11.3 Å². The van der Waals surface area contributed by atoms with E-state index in [1.165, 1.54) is 0 Å². The molecule has 0 unspecified atom stereocenters. The quantitative estimate of drug-likeness (QED) is 0.856. The van der Waals surface area contributed by atoms with Crippen molar-refractivity contribution in [2.75, 3.05) is 6.61 Å². The van der Waals surface area contributed by atoms with Gasteiger partial charge in [-0.05, 0) is 30.7 Å². The lowest BCUT2D eigenvalue weighted by molar-refractivity contribution is -0.131. The van der Waals surface area contributed by atoms with Crippen LogP contribution in [0.2, 0.25) is 0 Å². The van der Waals surface area contributed by atoms with Crippen LogP contribution in [-0.2, 0) is 4.79 Å². The first kappa shape index (κ1) is 11.8. The van der Waals surface area contributed by atoms with Crippen LogP contribution < -0.4 is 4.74 Å². The van der Waals surface area contributed by atoms with Crippen molar-refractivity contribution in [1.29, 1.82) is 0 Å². The zero-order valence-corrected chi connectivity index (χ0v) is 9.82. The molecule has 1 rings (SSSR count). The number of carboxylic acid groups (broad SMARTS) is 1. The highest BCUT2D eigenvalue weighted by atomic mass is 79.9. The van der Waals surface area contributed by atoms with E-state index >= 15 is 0 Å². The molecule has 0 spiro atoms. The predicted octanol–water partition coefficient (Wildman–Crippen LogP) is 2.86. The van der Waals surface area contributed by atoms with Gasteiger partial charge in [0.2, 0.25) is 0 Å². The molecule has 0 heterocycles. The van der Waals surface area contributed by atoms with Crippen LogP contribution in [0.4, 0.5) is 0 Å². The number of aliphatic carboxylic acids is 1. The molecule has 0 aliphatic heterocycles. The predicted molar refractivity (Wildman–Crippen MR) is 61.0 cm³/mol. The highest BCUT2D eigenvalue weighted by Gasteiger charge is 1.97. The lowest BCUT2D eigenvalue weighted by Gasteiger charge is -2.05. The number of hydrogen-bond donors (Lipinski definition) is 1. The Morgan fingerprint density at radius 2 is 2.33 bits per heavy atom. The summed E-state index contributed by atoms with van der Waals surface area (Å²) in [5, 5.41) is 8.49. The summed E-state index contributed by atoms with van der Waals surface area (Å²) >= 11 is 3.32. The number of halogens is 1. The Morgan fingerprint density at radius 3 is 2.93 bits per heavy atom. The van der Waals surface area contributed by atoms with Crippen molar-refractivity contribution in [3.8, 4) is 5.75 Å². The average molecular weight is 271 g/mol. The fraction of sp³-hybridized carbons (Fsp3) is 0.182. The van der Waals surface area contributed by atoms with Gasteiger partial charge in [0, 0.05) is 10.5 Å². The number of carboxylic acids is 1. The monoisotopic (exact) mass is 270 g/mol. The molecule has 0 aliphatic rings. The molecule has 3 nitrogen and oxygen atoms in total. The van der Waals surface area contributed by atoms with Gasteiger partial charge in [-0.15, -0.1) is 0 Å². The summed E-state index contributed by atoms with van der Waals surface area (Å²) in [6, 6.07) is 7.40. The Hall–Kier alpha value is -1.29. The maximum Gasteiger partial charge on any atom is 0.328 e. The van der Waals surface area contributed by atoms with E-state index in [1.54, 1.807) is 6.92 Å². The standard InChI is InChI=1S/C11H11BrO3/c1-8(5-11(13)14)7-15-10-4-2-3-9(12)6-10/h2-6H,7H2,1H3,(H,13,14)/b8-5+. The molecular formula is C11H11BrO3. The summed E-state index contributed by atoms with van der Waals surface area (Å²) in [7, 11) is 0. The SMILES string of the molecule is C/C(=C\C(=O)O)COc1cccc(Br)c1. The summed E-state index contributed by atoms with van der Waals surface area (Å²) in [5.74, 6) is -0.243. The van der Waals surface area contributed by atoms with E-state index in [4.69, 9.17) is 9.84 Å². The van der Waals surface area contributed by atoms with E-state index in [-0.39, 0.29) is 6.61 Å². The zero-order valence-electron chi connectivity index (χ0n) is 8.24. The van der Waals surface area contributed by atoms with Gasteiger partial charge in [-0.25, -0.2) is 4.79 Å². The summed E-state index contributed by atoms with van der Waals surface area (Å²) in [5.41, 5.74) is 0.669. The Labute approximate surface area is 96.5 Å². The van der Waals surface area contributed by atoms with Gasteiger partial charge in [-0.1, -0.05) is 22.0 Å². The highest BCUT2D eigenvalue weighted by Crippen LogP contribution is 2.18. The van der Waals surface area contributed by atoms with Crippen molar-refractivity contribution in [2.45, 2.75) is 6.92 Å². The van der Waals surface area contributed by atoms with Gasteiger partial charge in [0.15, 0.2) is 0 Å². The molecule has 0 amide bonds. The van der Waals surface area contributed by atoms with Crippen LogP contribution in [-0.4, -0.2) is 17.7 Å². The van der Waals surface area contributed by atoms with E-state index in [2.05, 4.69) is 15.9 Å². The van der Waals surface area contributed by atoms with Crippen molar-refractivity contribution in [3.05, 3.63) is 40.4 Å². The van der Waals surface area contributed by atoms with Crippen LogP contribution in [0.1, 0.15) is 6.92 Å². The second kappa shape index (κ2) is 5.56. The number of rotatable bonds is 4. The van der Waals surface area contributed by atoms with Crippen molar-refractivity contribution in [1.82, 2.24) is 0 Å². The van der Waals surface area contributed by atoms with E-state index in [1.807, 2.05) is 24.3 Å². The fourth-order valence-corrected chi connectivity index (χ4v) is 1.38. The van der Waals surface area contributed by atoms with Gasteiger partial charge >= 0.3 is 5.97 Å².